The summed E-state index contributed by atoms with van der Waals surface area (Å²) in [4.78, 5) is 11.0. The third-order valence-electron chi connectivity index (χ3n) is 2.95. The largest absolute Gasteiger partial charge is 0.497 e. The molecule has 1 N–H and O–H groups in total. The van der Waals surface area contributed by atoms with E-state index in [1.54, 1.807) is 14.0 Å². The lowest BCUT2D eigenvalue weighted by Crippen LogP contribution is -2.18. The van der Waals surface area contributed by atoms with E-state index < -0.39 is 5.97 Å². The highest BCUT2D eigenvalue weighted by atomic mass is 16.5. The molecule has 0 aromatic heterocycles. The van der Waals surface area contributed by atoms with Crippen LogP contribution in [0.15, 0.2) is 24.3 Å². The quantitative estimate of drug-likeness (QED) is 0.833. The lowest BCUT2D eigenvalue weighted by atomic mass is 9.85. The van der Waals surface area contributed by atoms with E-state index in [-0.39, 0.29) is 11.8 Å². The van der Waals surface area contributed by atoms with Crippen molar-refractivity contribution >= 4 is 5.97 Å². The van der Waals surface area contributed by atoms with E-state index in [2.05, 4.69) is 0 Å². The summed E-state index contributed by atoms with van der Waals surface area (Å²) in [6.45, 7) is 3.75. The number of rotatable bonds is 5. The molecule has 88 valence electrons. The summed E-state index contributed by atoms with van der Waals surface area (Å²) >= 11 is 0. The Kier molecular flexibility index (Phi) is 4.35. The summed E-state index contributed by atoms with van der Waals surface area (Å²) in [6, 6.07) is 7.62. The van der Waals surface area contributed by atoms with Crippen molar-refractivity contribution in [3.05, 3.63) is 29.8 Å². The molecule has 1 unspecified atom stereocenters. The van der Waals surface area contributed by atoms with Gasteiger partial charge < -0.3 is 9.84 Å². The average molecular weight is 222 g/mol. The van der Waals surface area contributed by atoms with Gasteiger partial charge in [-0.05, 0) is 30.0 Å². The minimum Gasteiger partial charge on any atom is -0.497 e. The fraction of sp³-hybridized carbons (Fsp3) is 0.462. The van der Waals surface area contributed by atoms with Crippen LogP contribution in [0.2, 0.25) is 0 Å². The fourth-order valence-corrected chi connectivity index (χ4v) is 1.92. The summed E-state index contributed by atoms with van der Waals surface area (Å²) in [5.41, 5.74) is 1.02. The second kappa shape index (κ2) is 5.54. The van der Waals surface area contributed by atoms with Crippen LogP contribution in [0.5, 0.6) is 5.75 Å². The van der Waals surface area contributed by atoms with Crippen LogP contribution < -0.4 is 4.74 Å². The van der Waals surface area contributed by atoms with Crippen LogP contribution in [0, 0.1) is 5.92 Å². The van der Waals surface area contributed by atoms with E-state index in [4.69, 9.17) is 9.84 Å². The standard InChI is InChI=1S/C13H18O3/c1-4-12(9(2)13(14)15)10-6-5-7-11(8-10)16-3/h5-9,12H,4H2,1-3H3,(H,14,15)/t9-,12?/m0/s1. The Labute approximate surface area is 96.1 Å². The van der Waals surface area contributed by atoms with Gasteiger partial charge in [0.05, 0.1) is 13.0 Å². The molecule has 1 rings (SSSR count). The van der Waals surface area contributed by atoms with E-state index in [1.807, 2.05) is 31.2 Å². The molecule has 3 nitrogen and oxygen atoms in total. The van der Waals surface area contributed by atoms with Crippen LogP contribution in [-0.4, -0.2) is 18.2 Å². The number of hydrogen-bond donors (Lipinski definition) is 1. The van der Waals surface area contributed by atoms with Gasteiger partial charge in [0.1, 0.15) is 5.75 Å². The number of carboxylic acids is 1. The molecule has 0 saturated carbocycles. The SMILES string of the molecule is CCC(c1cccc(OC)c1)[C@H](C)C(=O)O. The zero-order chi connectivity index (χ0) is 12.1. The number of hydrogen-bond acceptors (Lipinski definition) is 2. The van der Waals surface area contributed by atoms with Crippen molar-refractivity contribution < 1.29 is 14.6 Å². The van der Waals surface area contributed by atoms with Crippen molar-refractivity contribution in [2.45, 2.75) is 26.2 Å². The zero-order valence-corrected chi connectivity index (χ0v) is 9.93. The predicted molar refractivity (Wildman–Crippen MR) is 62.8 cm³/mol. The summed E-state index contributed by atoms with van der Waals surface area (Å²) in [6.07, 6.45) is 0.806. The Morgan fingerprint density at radius 1 is 1.50 bits per heavy atom. The maximum atomic E-state index is 11.0. The Bertz CT molecular complexity index is 360. The third-order valence-corrected chi connectivity index (χ3v) is 2.95. The molecule has 0 spiro atoms. The molecule has 3 heteroatoms. The van der Waals surface area contributed by atoms with Gasteiger partial charge in [0, 0.05) is 0 Å². The molecule has 0 aliphatic carbocycles. The number of benzene rings is 1. The van der Waals surface area contributed by atoms with Crippen LogP contribution in [-0.2, 0) is 4.79 Å². The number of ether oxygens (including phenoxy) is 1. The van der Waals surface area contributed by atoms with Crippen molar-refractivity contribution in [3.8, 4) is 5.75 Å². The molecule has 0 radical (unpaired) electrons. The van der Waals surface area contributed by atoms with Gasteiger partial charge in [-0.1, -0.05) is 26.0 Å². The van der Waals surface area contributed by atoms with Crippen LogP contribution >= 0.6 is 0 Å². The van der Waals surface area contributed by atoms with E-state index in [1.165, 1.54) is 0 Å². The molecular formula is C13H18O3. The maximum absolute atomic E-state index is 11.0. The zero-order valence-electron chi connectivity index (χ0n) is 9.93. The molecule has 0 aliphatic heterocycles. The lowest BCUT2D eigenvalue weighted by Gasteiger charge is -2.20. The minimum atomic E-state index is -0.755. The van der Waals surface area contributed by atoms with Crippen molar-refractivity contribution in [2.24, 2.45) is 5.92 Å². The summed E-state index contributed by atoms with van der Waals surface area (Å²) < 4.78 is 5.14. The number of methoxy groups -OCH3 is 1. The average Bonchev–Trinajstić information content (AvgIpc) is 2.30. The molecule has 16 heavy (non-hydrogen) atoms. The first-order valence-electron chi connectivity index (χ1n) is 5.46. The molecule has 0 amide bonds. The monoisotopic (exact) mass is 222 g/mol. The smallest absolute Gasteiger partial charge is 0.306 e. The molecular weight excluding hydrogens is 204 g/mol. The third kappa shape index (κ3) is 2.75. The fourth-order valence-electron chi connectivity index (χ4n) is 1.92. The summed E-state index contributed by atoms with van der Waals surface area (Å²) in [7, 11) is 1.61. The van der Waals surface area contributed by atoms with Crippen molar-refractivity contribution in [1.29, 1.82) is 0 Å². The van der Waals surface area contributed by atoms with Gasteiger partial charge in [0.15, 0.2) is 0 Å². The first kappa shape index (κ1) is 12.6. The predicted octanol–water partition coefficient (Wildman–Crippen LogP) is 2.91. The van der Waals surface area contributed by atoms with Gasteiger partial charge in [-0.25, -0.2) is 0 Å². The molecule has 0 bridgehead atoms. The Balaban J connectivity index is 2.98. The van der Waals surface area contributed by atoms with Gasteiger partial charge in [0.2, 0.25) is 0 Å². The highest BCUT2D eigenvalue weighted by Crippen LogP contribution is 2.30. The van der Waals surface area contributed by atoms with Gasteiger partial charge in [-0.3, -0.25) is 4.79 Å². The molecule has 2 atom stereocenters. The number of carbonyl (C=O) groups is 1. The van der Waals surface area contributed by atoms with Crippen molar-refractivity contribution in [1.82, 2.24) is 0 Å². The van der Waals surface area contributed by atoms with E-state index in [9.17, 15) is 4.79 Å². The first-order valence-corrected chi connectivity index (χ1v) is 5.46. The Hall–Kier alpha value is -1.51. The van der Waals surface area contributed by atoms with Crippen LogP contribution in [0.25, 0.3) is 0 Å². The van der Waals surface area contributed by atoms with Gasteiger partial charge in [0.25, 0.3) is 0 Å². The summed E-state index contributed by atoms with van der Waals surface area (Å²) in [5.74, 6) is -0.326. The van der Waals surface area contributed by atoms with E-state index >= 15 is 0 Å². The second-order valence-corrected chi connectivity index (χ2v) is 3.92. The van der Waals surface area contributed by atoms with E-state index in [0.29, 0.717) is 0 Å². The Morgan fingerprint density at radius 2 is 2.19 bits per heavy atom. The highest BCUT2D eigenvalue weighted by molar-refractivity contribution is 5.71. The van der Waals surface area contributed by atoms with Crippen molar-refractivity contribution in [3.63, 3.8) is 0 Å². The molecule has 0 fully saturated rings. The van der Waals surface area contributed by atoms with Crippen LogP contribution in [0.1, 0.15) is 31.7 Å². The number of carboxylic acid groups (broad SMARTS) is 1. The minimum absolute atomic E-state index is 0.0348. The number of aliphatic carboxylic acids is 1. The maximum Gasteiger partial charge on any atom is 0.306 e. The first-order chi connectivity index (χ1) is 7.60. The topological polar surface area (TPSA) is 46.5 Å². The molecule has 0 heterocycles. The van der Waals surface area contributed by atoms with Gasteiger partial charge in [-0.15, -0.1) is 0 Å². The highest BCUT2D eigenvalue weighted by Gasteiger charge is 2.23. The molecule has 0 aliphatic rings. The van der Waals surface area contributed by atoms with Gasteiger partial charge in [-0.2, -0.15) is 0 Å². The van der Waals surface area contributed by atoms with Gasteiger partial charge >= 0.3 is 5.97 Å². The second-order valence-electron chi connectivity index (χ2n) is 3.92. The molecule has 1 aromatic rings. The van der Waals surface area contributed by atoms with Crippen LogP contribution in [0.4, 0.5) is 0 Å². The Morgan fingerprint density at radius 3 is 2.69 bits per heavy atom. The summed E-state index contributed by atoms with van der Waals surface area (Å²) in [5, 5.41) is 9.04. The van der Waals surface area contributed by atoms with E-state index in [0.717, 1.165) is 17.7 Å². The van der Waals surface area contributed by atoms with Crippen molar-refractivity contribution in [2.75, 3.05) is 7.11 Å². The lowest BCUT2D eigenvalue weighted by molar-refractivity contribution is -0.141. The van der Waals surface area contributed by atoms with Crippen LogP contribution in [0.3, 0.4) is 0 Å². The normalized spacial score (nSPS) is 14.2. The molecule has 1 aromatic carbocycles. The molecule has 0 saturated heterocycles.